The lowest BCUT2D eigenvalue weighted by molar-refractivity contribution is -0.911. The van der Waals surface area contributed by atoms with E-state index in [1.54, 1.807) is 11.8 Å². The fourth-order valence-corrected chi connectivity index (χ4v) is 3.22. The van der Waals surface area contributed by atoms with Gasteiger partial charge in [-0.25, -0.2) is 0 Å². The number of anilines is 1. The molecule has 5 heteroatoms. The Bertz CT molecular complexity index is 603. The lowest BCUT2D eigenvalue weighted by Gasteiger charge is -2.26. The Balaban J connectivity index is 0.00000161. The SMILES string of the molecule is CSC1=N[NH+](C)C(c2ccccc2)N1c1ccccc1.[I-]. The highest BCUT2D eigenvalue weighted by Gasteiger charge is 2.38. The van der Waals surface area contributed by atoms with Crippen molar-refractivity contribution in [3.63, 3.8) is 0 Å². The highest BCUT2D eigenvalue weighted by Crippen LogP contribution is 2.28. The maximum Gasteiger partial charge on any atom is 0.228 e. The number of para-hydroxylation sites is 1. The van der Waals surface area contributed by atoms with E-state index in [1.807, 2.05) is 6.07 Å². The molecule has 0 radical (unpaired) electrons. The highest BCUT2D eigenvalue weighted by molar-refractivity contribution is 8.13. The summed E-state index contributed by atoms with van der Waals surface area (Å²) in [7, 11) is 2.11. The first-order chi connectivity index (χ1) is 9.81. The van der Waals surface area contributed by atoms with Crippen molar-refractivity contribution in [3.8, 4) is 0 Å². The molecule has 1 N–H and O–H groups in total. The molecule has 3 nitrogen and oxygen atoms in total. The molecule has 2 atom stereocenters. The first kappa shape index (κ1) is 16.3. The lowest BCUT2D eigenvalue weighted by atomic mass is 10.1. The van der Waals surface area contributed by atoms with E-state index in [9.17, 15) is 0 Å². The van der Waals surface area contributed by atoms with Crippen molar-refractivity contribution < 1.29 is 29.0 Å². The molecule has 0 aliphatic carbocycles. The van der Waals surface area contributed by atoms with E-state index in [1.165, 1.54) is 11.3 Å². The minimum atomic E-state index is 0. The van der Waals surface area contributed by atoms with Crippen LogP contribution < -0.4 is 33.9 Å². The number of nitrogens with one attached hydrogen (secondary N) is 1. The summed E-state index contributed by atoms with van der Waals surface area (Å²) in [6.45, 7) is 0. The molecule has 2 unspecified atom stereocenters. The Labute approximate surface area is 147 Å². The molecule has 21 heavy (non-hydrogen) atoms. The second kappa shape index (κ2) is 7.29. The molecule has 1 heterocycles. The molecule has 3 rings (SSSR count). The van der Waals surface area contributed by atoms with Crippen LogP contribution in [-0.2, 0) is 0 Å². The van der Waals surface area contributed by atoms with Crippen LogP contribution in [-0.4, -0.2) is 18.5 Å². The number of benzene rings is 2. The molecule has 2 aromatic rings. The van der Waals surface area contributed by atoms with Gasteiger partial charge in [0.25, 0.3) is 0 Å². The van der Waals surface area contributed by atoms with Gasteiger partial charge in [0.2, 0.25) is 11.3 Å². The first-order valence-corrected chi connectivity index (χ1v) is 7.89. The zero-order valence-electron chi connectivity index (χ0n) is 12.0. The van der Waals surface area contributed by atoms with E-state index in [2.05, 4.69) is 72.8 Å². The van der Waals surface area contributed by atoms with E-state index < -0.39 is 0 Å². The summed E-state index contributed by atoms with van der Waals surface area (Å²) in [6, 6.07) is 21.0. The highest BCUT2D eigenvalue weighted by atomic mass is 127. The van der Waals surface area contributed by atoms with Crippen molar-refractivity contribution >= 4 is 22.6 Å². The van der Waals surface area contributed by atoms with Crippen LogP contribution >= 0.6 is 11.8 Å². The second-order valence-electron chi connectivity index (χ2n) is 4.76. The van der Waals surface area contributed by atoms with Gasteiger partial charge in [0.1, 0.15) is 0 Å². The number of rotatable bonds is 2. The van der Waals surface area contributed by atoms with Crippen LogP contribution in [0.25, 0.3) is 0 Å². The molecule has 1 aliphatic rings. The topological polar surface area (TPSA) is 20.0 Å². The molecule has 1 aliphatic heterocycles. The van der Waals surface area contributed by atoms with Crippen molar-refractivity contribution in [1.82, 2.24) is 0 Å². The van der Waals surface area contributed by atoms with Crippen LogP contribution in [0.4, 0.5) is 5.69 Å². The summed E-state index contributed by atoms with van der Waals surface area (Å²) in [5.41, 5.74) is 2.47. The molecule has 110 valence electrons. The molecule has 0 saturated carbocycles. The monoisotopic (exact) mass is 411 g/mol. The minimum absolute atomic E-state index is 0. The molecule has 0 fully saturated rings. The summed E-state index contributed by atoms with van der Waals surface area (Å²) >= 11 is 1.69. The average Bonchev–Trinajstić information content (AvgIpc) is 2.85. The van der Waals surface area contributed by atoms with Gasteiger partial charge in [-0.1, -0.05) is 65.4 Å². The third-order valence-electron chi connectivity index (χ3n) is 3.46. The predicted octanol–water partition coefficient (Wildman–Crippen LogP) is -0.642. The van der Waals surface area contributed by atoms with Crippen molar-refractivity contribution in [2.24, 2.45) is 5.10 Å². The first-order valence-electron chi connectivity index (χ1n) is 6.66. The Kier molecular flexibility index (Phi) is 5.66. The van der Waals surface area contributed by atoms with E-state index >= 15 is 0 Å². The maximum atomic E-state index is 4.74. The van der Waals surface area contributed by atoms with Crippen LogP contribution in [0.3, 0.4) is 0 Å². The Morgan fingerprint density at radius 2 is 1.57 bits per heavy atom. The van der Waals surface area contributed by atoms with Crippen molar-refractivity contribution in [3.05, 3.63) is 66.2 Å². The van der Waals surface area contributed by atoms with E-state index in [-0.39, 0.29) is 30.1 Å². The second-order valence-corrected chi connectivity index (χ2v) is 5.53. The van der Waals surface area contributed by atoms with Gasteiger partial charge in [-0.2, -0.15) is 5.01 Å². The molecular formula is C16H18IN3S. The smallest absolute Gasteiger partial charge is 0.228 e. The van der Waals surface area contributed by atoms with Gasteiger partial charge in [0, 0.05) is 11.3 Å². The average molecular weight is 411 g/mol. The Hall–Kier alpha value is -1.05. The fraction of sp³-hybridized carbons (Fsp3) is 0.188. The standard InChI is InChI=1S/C16H17N3S.HI/c1-18-15(13-9-5-3-6-10-13)19(16(17-18)20-2)14-11-7-4-8-12-14;/h3-12,15H,1-2H3;1H. The Morgan fingerprint density at radius 3 is 2.14 bits per heavy atom. The number of hydrogen-bond acceptors (Lipinski definition) is 3. The van der Waals surface area contributed by atoms with Crippen LogP contribution in [0.2, 0.25) is 0 Å². The van der Waals surface area contributed by atoms with E-state index in [0.29, 0.717) is 0 Å². The summed E-state index contributed by atoms with van der Waals surface area (Å²) < 4.78 is 0. The van der Waals surface area contributed by atoms with Crippen LogP contribution in [0.15, 0.2) is 65.8 Å². The third-order valence-corrected chi connectivity index (χ3v) is 4.12. The Morgan fingerprint density at radius 1 is 1.00 bits per heavy atom. The third kappa shape index (κ3) is 3.25. The van der Waals surface area contributed by atoms with E-state index in [0.717, 1.165) is 10.2 Å². The van der Waals surface area contributed by atoms with Gasteiger partial charge in [-0.15, -0.1) is 0 Å². The molecule has 0 spiro atoms. The maximum absolute atomic E-state index is 4.74. The minimum Gasteiger partial charge on any atom is -1.00 e. The van der Waals surface area contributed by atoms with Crippen LogP contribution in [0.1, 0.15) is 11.7 Å². The van der Waals surface area contributed by atoms with Crippen molar-refractivity contribution in [2.45, 2.75) is 6.17 Å². The van der Waals surface area contributed by atoms with E-state index in [4.69, 9.17) is 5.10 Å². The fourth-order valence-electron chi connectivity index (χ4n) is 2.58. The summed E-state index contributed by atoms with van der Waals surface area (Å²) in [4.78, 5) is 2.31. The number of halogens is 1. The number of amidine groups is 1. The van der Waals surface area contributed by atoms with Gasteiger partial charge in [-0.3, -0.25) is 4.90 Å². The van der Waals surface area contributed by atoms with Crippen LogP contribution in [0.5, 0.6) is 0 Å². The molecule has 0 bridgehead atoms. The van der Waals surface area contributed by atoms with Gasteiger partial charge in [0.15, 0.2) is 0 Å². The number of nitrogens with zero attached hydrogens (tertiary/aromatic N) is 2. The lowest BCUT2D eigenvalue weighted by Crippen LogP contribution is -3.04. The van der Waals surface area contributed by atoms with Crippen molar-refractivity contribution in [1.29, 1.82) is 0 Å². The number of thioether (sulfide) groups is 1. The zero-order chi connectivity index (χ0) is 13.9. The van der Waals surface area contributed by atoms with Gasteiger partial charge < -0.3 is 24.0 Å². The van der Waals surface area contributed by atoms with Crippen molar-refractivity contribution in [2.75, 3.05) is 18.2 Å². The molecule has 0 amide bonds. The summed E-state index contributed by atoms with van der Waals surface area (Å²) in [5.74, 6) is 0. The molecule has 2 aromatic carbocycles. The molecule has 0 saturated heterocycles. The molecular weight excluding hydrogens is 393 g/mol. The predicted molar refractivity (Wildman–Crippen MR) is 85.9 cm³/mol. The van der Waals surface area contributed by atoms with Gasteiger partial charge in [-0.05, 0) is 18.4 Å². The largest absolute Gasteiger partial charge is 1.00 e. The summed E-state index contributed by atoms with van der Waals surface area (Å²) in [6.07, 6.45) is 2.27. The van der Waals surface area contributed by atoms with Gasteiger partial charge >= 0.3 is 0 Å². The van der Waals surface area contributed by atoms with Crippen LogP contribution in [0, 0.1) is 0 Å². The number of hydrogen-bond donors (Lipinski definition) is 1. The molecule has 0 aromatic heterocycles. The number of quaternary nitrogens is 1. The summed E-state index contributed by atoms with van der Waals surface area (Å²) in [5, 5.41) is 6.95. The van der Waals surface area contributed by atoms with Gasteiger partial charge in [0.05, 0.1) is 7.05 Å². The zero-order valence-corrected chi connectivity index (χ0v) is 15.0. The quantitative estimate of drug-likeness (QED) is 0.664. The normalized spacial score (nSPS) is 20.9.